The summed E-state index contributed by atoms with van der Waals surface area (Å²) in [7, 11) is 2.17. The third-order valence-electron chi connectivity index (χ3n) is 3.47. The van der Waals surface area contributed by atoms with Gasteiger partial charge in [0.25, 0.3) is 0 Å². The molecule has 4 nitrogen and oxygen atoms in total. The summed E-state index contributed by atoms with van der Waals surface area (Å²) in [6, 6.07) is 4.88. The van der Waals surface area contributed by atoms with Crippen molar-refractivity contribution >= 4 is 0 Å². The number of likely N-dealkylation sites (N-methyl/N-ethyl adjacent to an activating group) is 1. The lowest BCUT2D eigenvalue weighted by atomic mass is 10.2. The molecule has 96 valence electrons. The molecule has 1 saturated carbocycles. The number of nitrogens with one attached hydrogen (secondary N) is 1. The highest BCUT2D eigenvalue weighted by molar-refractivity contribution is 5.02. The summed E-state index contributed by atoms with van der Waals surface area (Å²) in [5.41, 5.74) is 0. The van der Waals surface area contributed by atoms with Gasteiger partial charge in [0.05, 0.1) is 6.26 Å². The Balaban J connectivity index is 1.65. The van der Waals surface area contributed by atoms with Gasteiger partial charge in [-0.1, -0.05) is 0 Å². The van der Waals surface area contributed by atoms with E-state index in [0.717, 1.165) is 12.6 Å². The Morgan fingerprint density at radius 1 is 1.53 bits per heavy atom. The van der Waals surface area contributed by atoms with Gasteiger partial charge in [0.2, 0.25) is 0 Å². The van der Waals surface area contributed by atoms with Crippen LogP contribution in [0, 0.1) is 0 Å². The number of hydrogen-bond acceptors (Lipinski definition) is 4. The summed E-state index contributed by atoms with van der Waals surface area (Å²) in [4.78, 5) is 2.41. The lowest BCUT2D eigenvalue weighted by Crippen LogP contribution is -2.40. The van der Waals surface area contributed by atoms with Crippen LogP contribution in [0.5, 0.6) is 0 Å². The molecule has 0 spiro atoms. The van der Waals surface area contributed by atoms with Crippen LogP contribution in [0.4, 0.5) is 0 Å². The number of nitrogens with zero attached hydrogens (tertiary/aromatic N) is 1. The first-order chi connectivity index (χ1) is 8.18. The van der Waals surface area contributed by atoms with Crippen molar-refractivity contribution in [2.75, 3.05) is 20.1 Å². The van der Waals surface area contributed by atoms with E-state index >= 15 is 0 Å². The van der Waals surface area contributed by atoms with E-state index < -0.39 is 6.10 Å². The van der Waals surface area contributed by atoms with Crippen LogP contribution in [0.2, 0.25) is 0 Å². The van der Waals surface area contributed by atoms with E-state index in [2.05, 4.69) is 24.2 Å². The fraction of sp³-hybridized carbons (Fsp3) is 0.692. The smallest absolute Gasteiger partial charge is 0.133 e. The molecule has 4 heteroatoms. The van der Waals surface area contributed by atoms with Crippen molar-refractivity contribution in [1.82, 2.24) is 10.2 Å². The summed E-state index contributed by atoms with van der Waals surface area (Å²) in [5, 5.41) is 13.1. The molecule has 17 heavy (non-hydrogen) atoms. The number of aliphatic hydroxyl groups excluding tert-OH is 1. The number of furan rings is 1. The molecule has 0 saturated heterocycles. The second kappa shape index (κ2) is 5.67. The third kappa shape index (κ3) is 3.56. The molecule has 0 aliphatic heterocycles. The molecule has 0 radical (unpaired) electrons. The first kappa shape index (κ1) is 12.6. The lowest BCUT2D eigenvalue weighted by molar-refractivity contribution is 0.142. The largest absolute Gasteiger partial charge is 0.467 e. The van der Waals surface area contributed by atoms with Gasteiger partial charge in [-0.3, -0.25) is 4.90 Å². The molecule has 2 atom stereocenters. The Labute approximate surface area is 103 Å². The van der Waals surface area contributed by atoms with Crippen LogP contribution in [0.1, 0.15) is 31.6 Å². The van der Waals surface area contributed by atoms with Gasteiger partial charge in [0, 0.05) is 25.2 Å². The zero-order chi connectivity index (χ0) is 12.3. The van der Waals surface area contributed by atoms with Gasteiger partial charge in [0.1, 0.15) is 11.9 Å². The number of hydrogen-bond donors (Lipinski definition) is 2. The first-order valence-electron chi connectivity index (χ1n) is 6.32. The molecule has 0 amide bonds. The Morgan fingerprint density at radius 2 is 2.29 bits per heavy atom. The molecule has 2 N–H and O–H groups in total. The van der Waals surface area contributed by atoms with Gasteiger partial charge in [-0.25, -0.2) is 0 Å². The Kier molecular flexibility index (Phi) is 4.20. The SMILES string of the molecule is CC(CNCC(O)c1ccco1)N(C)C1CC1. The van der Waals surface area contributed by atoms with Crippen LogP contribution in [-0.4, -0.2) is 42.2 Å². The summed E-state index contributed by atoms with van der Waals surface area (Å²) in [5.74, 6) is 0.626. The van der Waals surface area contributed by atoms with Gasteiger partial charge >= 0.3 is 0 Å². The van der Waals surface area contributed by atoms with Gasteiger partial charge < -0.3 is 14.8 Å². The second-order valence-corrected chi connectivity index (χ2v) is 4.94. The minimum absolute atomic E-state index is 0.506. The topological polar surface area (TPSA) is 48.6 Å². The molecule has 1 aromatic rings. The monoisotopic (exact) mass is 238 g/mol. The molecule has 0 bridgehead atoms. The Hall–Kier alpha value is -0.840. The molecule has 2 rings (SSSR count). The van der Waals surface area contributed by atoms with Crippen molar-refractivity contribution in [2.45, 2.75) is 38.0 Å². The van der Waals surface area contributed by atoms with E-state index in [1.54, 1.807) is 18.4 Å². The molecular formula is C13H22N2O2. The van der Waals surface area contributed by atoms with Gasteiger partial charge in [0.15, 0.2) is 0 Å². The third-order valence-corrected chi connectivity index (χ3v) is 3.47. The number of aliphatic hydroxyl groups is 1. The number of rotatable bonds is 7. The van der Waals surface area contributed by atoms with Gasteiger partial charge in [-0.2, -0.15) is 0 Å². The van der Waals surface area contributed by atoms with Crippen LogP contribution < -0.4 is 5.32 Å². The Morgan fingerprint density at radius 3 is 2.88 bits per heavy atom. The highest BCUT2D eigenvalue weighted by Gasteiger charge is 2.28. The average molecular weight is 238 g/mol. The van der Waals surface area contributed by atoms with E-state index in [4.69, 9.17) is 4.42 Å². The van der Waals surface area contributed by atoms with E-state index in [-0.39, 0.29) is 0 Å². The maximum absolute atomic E-state index is 9.81. The van der Waals surface area contributed by atoms with Crippen LogP contribution in [0.15, 0.2) is 22.8 Å². The molecular weight excluding hydrogens is 216 g/mol. The van der Waals surface area contributed by atoms with Crippen LogP contribution in [-0.2, 0) is 0 Å². The molecule has 1 aromatic heterocycles. The summed E-state index contributed by atoms with van der Waals surface area (Å²) in [6.07, 6.45) is 3.69. The first-order valence-corrected chi connectivity index (χ1v) is 6.32. The highest BCUT2D eigenvalue weighted by atomic mass is 16.4. The van der Waals surface area contributed by atoms with Gasteiger partial charge in [-0.05, 0) is 38.9 Å². The minimum atomic E-state index is -0.552. The van der Waals surface area contributed by atoms with Gasteiger partial charge in [-0.15, -0.1) is 0 Å². The van der Waals surface area contributed by atoms with Crippen molar-refractivity contribution in [3.63, 3.8) is 0 Å². The Bertz CT molecular complexity index is 322. The summed E-state index contributed by atoms with van der Waals surface area (Å²) in [6.45, 7) is 3.64. The van der Waals surface area contributed by atoms with Crippen LogP contribution in [0.3, 0.4) is 0 Å². The summed E-state index contributed by atoms with van der Waals surface area (Å²) < 4.78 is 5.15. The maximum atomic E-state index is 9.81. The highest BCUT2D eigenvalue weighted by Crippen LogP contribution is 2.26. The van der Waals surface area contributed by atoms with Crippen molar-refractivity contribution < 1.29 is 9.52 Å². The normalized spacial score (nSPS) is 19.5. The van der Waals surface area contributed by atoms with Crippen molar-refractivity contribution in [2.24, 2.45) is 0 Å². The van der Waals surface area contributed by atoms with Crippen LogP contribution in [0.25, 0.3) is 0 Å². The quantitative estimate of drug-likeness (QED) is 0.753. The lowest BCUT2D eigenvalue weighted by Gasteiger charge is -2.25. The van der Waals surface area contributed by atoms with Crippen molar-refractivity contribution in [1.29, 1.82) is 0 Å². The molecule has 1 fully saturated rings. The van der Waals surface area contributed by atoms with E-state index in [1.165, 1.54) is 12.8 Å². The van der Waals surface area contributed by atoms with Crippen LogP contribution >= 0.6 is 0 Å². The van der Waals surface area contributed by atoms with Crippen molar-refractivity contribution in [3.05, 3.63) is 24.2 Å². The fourth-order valence-electron chi connectivity index (χ4n) is 2.00. The molecule has 1 aliphatic carbocycles. The molecule has 1 heterocycles. The summed E-state index contributed by atoms with van der Waals surface area (Å²) >= 11 is 0. The zero-order valence-corrected chi connectivity index (χ0v) is 10.6. The molecule has 2 unspecified atom stereocenters. The fourth-order valence-corrected chi connectivity index (χ4v) is 2.00. The second-order valence-electron chi connectivity index (χ2n) is 4.94. The zero-order valence-electron chi connectivity index (χ0n) is 10.6. The van der Waals surface area contributed by atoms with Crippen molar-refractivity contribution in [3.8, 4) is 0 Å². The van der Waals surface area contributed by atoms with E-state index in [1.807, 2.05) is 0 Å². The minimum Gasteiger partial charge on any atom is -0.467 e. The van der Waals surface area contributed by atoms with E-state index in [0.29, 0.717) is 18.3 Å². The standard InChI is InChI=1S/C13H22N2O2/c1-10(15(2)11-5-6-11)8-14-9-12(16)13-4-3-7-17-13/h3-4,7,10-12,14,16H,5-6,8-9H2,1-2H3. The average Bonchev–Trinajstić information content (AvgIpc) is 3.02. The molecule has 0 aromatic carbocycles. The maximum Gasteiger partial charge on any atom is 0.133 e. The molecule has 1 aliphatic rings. The predicted molar refractivity (Wildman–Crippen MR) is 66.8 cm³/mol. The predicted octanol–water partition coefficient (Wildman–Crippen LogP) is 1.39. The van der Waals surface area contributed by atoms with E-state index in [9.17, 15) is 5.11 Å².